The molecule has 106 valence electrons. The van der Waals surface area contributed by atoms with Crippen LogP contribution in [0.4, 0.5) is 8.78 Å². The number of ether oxygens (including phenoxy) is 1. The minimum atomic E-state index is -2.98. The van der Waals surface area contributed by atoms with E-state index in [1.54, 1.807) is 0 Å². The summed E-state index contributed by atoms with van der Waals surface area (Å²) in [6.07, 6.45) is 0. The highest BCUT2D eigenvalue weighted by molar-refractivity contribution is 6.37. The van der Waals surface area contributed by atoms with Crippen LogP contribution in [0.1, 0.15) is 10.5 Å². The Bertz CT molecular complexity index is 660. The molecule has 0 saturated carbocycles. The van der Waals surface area contributed by atoms with Crippen LogP contribution in [0, 0.1) is 0 Å². The van der Waals surface area contributed by atoms with Gasteiger partial charge in [0.2, 0.25) is 5.69 Å². The van der Waals surface area contributed by atoms with Crippen molar-refractivity contribution in [3.63, 3.8) is 0 Å². The van der Waals surface area contributed by atoms with Gasteiger partial charge in [-0.25, -0.2) is 4.79 Å². The van der Waals surface area contributed by atoms with Gasteiger partial charge in [-0.2, -0.15) is 8.78 Å². The summed E-state index contributed by atoms with van der Waals surface area (Å²) in [7, 11) is 0. The molecular weight excluding hydrogens is 319 g/mol. The van der Waals surface area contributed by atoms with Crippen molar-refractivity contribution in [2.75, 3.05) is 0 Å². The molecule has 2 aromatic rings. The molecule has 0 aliphatic heterocycles. The predicted molar refractivity (Wildman–Crippen MR) is 65.6 cm³/mol. The first-order valence-corrected chi connectivity index (χ1v) is 5.79. The Morgan fingerprint density at radius 2 is 2.10 bits per heavy atom. The second-order valence-electron chi connectivity index (χ2n) is 3.50. The van der Waals surface area contributed by atoms with Gasteiger partial charge in [0.1, 0.15) is 10.8 Å². The maximum absolute atomic E-state index is 12.1. The lowest BCUT2D eigenvalue weighted by atomic mass is 10.1. The highest BCUT2D eigenvalue weighted by Gasteiger charge is 2.22. The minimum absolute atomic E-state index is 0.00172. The van der Waals surface area contributed by atoms with Gasteiger partial charge in [-0.1, -0.05) is 28.4 Å². The molecule has 0 radical (unpaired) electrons. The Morgan fingerprint density at radius 3 is 2.60 bits per heavy atom. The number of carbonyl (C=O) groups is 1. The molecule has 1 aromatic heterocycles. The van der Waals surface area contributed by atoms with Crippen LogP contribution in [-0.4, -0.2) is 22.8 Å². The summed E-state index contributed by atoms with van der Waals surface area (Å²) in [5, 5.41) is 11.8. The molecular formula is C11H5Cl2F2NO4. The summed E-state index contributed by atoms with van der Waals surface area (Å²) in [5.74, 6) is -1.58. The lowest BCUT2D eigenvalue weighted by molar-refractivity contribution is -0.0498. The minimum Gasteiger partial charge on any atom is -0.476 e. The van der Waals surface area contributed by atoms with Crippen molar-refractivity contribution < 1.29 is 27.9 Å². The monoisotopic (exact) mass is 323 g/mol. The molecule has 0 unspecified atom stereocenters. The van der Waals surface area contributed by atoms with Crippen LogP contribution in [0.2, 0.25) is 10.0 Å². The van der Waals surface area contributed by atoms with E-state index in [-0.39, 0.29) is 27.1 Å². The van der Waals surface area contributed by atoms with Gasteiger partial charge >= 0.3 is 12.6 Å². The van der Waals surface area contributed by atoms with E-state index < -0.39 is 18.3 Å². The van der Waals surface area contributed by atoms with Gasteiger partial charge in [-0.05, 0) is 18.2 Å². The van der Waals surface area contributed by atoms with Crippen LogP contribution in [-0.2, 0) is 0 Å². The fourth-order valence-corrected chi connectivity index (χ4v) is 1.94. The van der Waals surface area contributed by atoms with Crippen molar-refractivity contribution in [1.82, 2.24) is 5.16 Å². The van der Waals surface area contributed by atoms with E-state index in [1.807, 2.05) is 0 Å². The molecule has 0 atom stereocenters. The normalized spacial score (nSPS) is 10.8. The zero-order chi connectivity index (χ0) is 14.9. The van der Waals surface area contributed by atoms with Crippen LogP contribution in [0.5, 0.6) is 5.75 Å². The van der Waals surface area contributed by atoms with E-state index in [4.69, 9.17) is 32.8 Å². The number of aromatic nitrogens is 1. The van der Waals surface area contributed by atoms with E-state index in [2.05, 4.69) is 9.89 Å². The van der Waals surface area contributed by atoms with Crippen molar-refractivity contribution in [3.05, 3.63) is 33.9 Å². The summed E-state index contributed by atoms with van der Waals surface area (Å²) in [5.41, 5.74) is -0.260. The highest BCUT2D eigenvalue weighted by Crippen LogP contribution is 2.37. The van der Waals surface area contributed by atoms with Crippen molar-refractivity contribution in [2.45, 2.75) is 6.61 Å². The first-order chi connectivity index (χ1) is 9.40. The summed E-state index contributed by atoms with van der Waals surface area (Å²) in [4.78, 5) is 10.8. The third-order valence-electron chi connectivity index (χ3n) is 2.25. The number of carboxylic acids is 1. The quantitative estimate of drug-likeness (QED) is 0.922. The van der Waals surface area contributed by atoms with Gasteiger partial charge in [0.15, 0.2) is 5.76 Å². The number of rotatable bonds is 4. The van der Waals surface area contributed by atoms with Crippen LogP contribution >= 0.6 is 23.2 Å². The van der Waals surface area contributed by atoms with E-state index >= 15 is 0 Å². The second kappa shape index (κ2) is 5.64. The first-order valence-electron chi connectivity index (χ1n) is 5.03. The molecule has 0 saturated heterocycles. The van der Waals surface area contributed by atoms with Gasteiger partial charge in [0.25, 0.3) is 0 Å². The third kappa shape index (κ3) is 2.83. The van der Waals surface area contributed by atoms with E-state index in [0.717, 1.165) is 6.07 Å². The molecule has 1 aromatic carbocycles. The Kier molecular flexibility index (Phi) is 4.10. The van der Waals surface area contributed by atoms with E-state index in [0.29, 0.717) is 0 Å². The molecule has 0 spiro atoms. The Morgan fingerprint density at radius 1 is 1.40 bits per heavy atom. The number of carboxylic acid groups (broad SMARTS) is 1. The van der Waals surface area contributed by atoms with Gasteiger partial charge in [-0.3, -0.25) is 0 Å². The topological polar surface area (TPSA) is 72.6 Å². The Hall–Kier alpha value is -1.86. The molecule has 1 heterocycles. The molecule has 0 bridgehead atoms. The first kappa shape index (κ1) is 14.5. The molecule has 0 amide bonds. The fourth-order valence-electron chi connectivity index (χ4n) is 1.44. The van der Waals surface area contributed by atoms with E-state index in [9.17, 15) is 13.6 Å². The fraction of sp³-hybridized carbons (Fsp3) is 0.0909. The lowest BCUT2D eigenvalue weighted by Gasteiger charge is -2.06. The second-order valence-corrected chi connectivity index (χ2v) is 4.28. The third-order valence-corrected chi connectivity index (χ3v) is 2.91. The SMILES string of the molecule is O=C(O)c1noc(-c2ccc(OC(F)F)cc2Cl)c1Cl. The summed E-state index contributed by atoms with van der Waals surface area (Å²) >= 11 is 11.7. The zero-order valence-corrected chi connectivity index (χ0v) is 11.0. The molecule has 2 rings (SSSR count). The van der Waals surface area contributed by atoms with Crippen LogP contribution < -0.4 is 4.74 Å². The van der Waals surface area contributed by atoms with Gasteiger partial charge in [-0.15, -0.1) is 0 Å². The number of hydrogen-bond donors (Lipinski definition) is 1. The predicted octanol–water partition coefficient (Wildman–Crippen LogP) is 3.95. The van der Waals surface area contributed by atoms with Crippen molar-refractivity contribution >= 4 is 29.2 Å². The van der Waals surface area contributed by atoms with Crippen molar-refractivity contribution in [3.8, 4) is 17.1 Å². The van der Waals surface area contributed by atoms with Crippen molar-refractivity contribution in [2.24, 2.45) is 0 Å². The van der Waals surface area contributed by atoms with Crippen LogP contribution in [0.3, 0.4) is 0 Å². The average Bonchev–Trinajstić information content (AvgIpc) is 2.70. The largest absolute Gasteiger partial charge is 0.476 e. The average molecular weight is 324 g/mol. The number of hydrogen-bond acceptors (Lipinski definition) is 4. The number of benzene rings is 1. The summed E-state index contributed by atoms with van der Waals surface area (Å²) in [6, 6.07) is 3.65. The molecule has 20 heavy (non-hydrogen) atoms. The van der Waals surface area contributed by atoms with Gasteiger partial charge < -0.3 is 14.4 Å². The number of aromatic carboxylic acids is 1. The van der Waals surface area contributed by atoms with Crippen molar-refractivity contribution in [1.29, 1.82) is 0 Å². The number of halogens is 4. The molecule has 0 aliphatic rings. The molecule has 1 N–H and O–H groups in total. The zero-order valence-electron chi connectivity index (χ0n) is 9.44. The maximum atomic E-state index is 12.1. The van der Waals surface area contributed by atoms with Crippen LogP contribution in [0.15, 0.2) is 22.7 Å². The molecule has 0 aliphatic carbocycles. The van der Waals surface area contributed by atoms with Crippen LogP contribution in [0.25, 0.3) is 11.3 Å². The summed E-state index contributed by atoms with van der Waals surface area (Å²) < 4.78 is 33.1. The van der Waals surface area contributed by atoms with E-state index in [1.165, 1.54) is 12.1 Å². The lowest BCUT2D eigenvalue weighted by Crippen LogP contribution is -2.01. The maximum Gasteiger partial charge on any atom is 0.387 e. The number of nitrogens with zero attached hydrogens (tertiary/aromatic N) is 1. The Balaban J connectivity index is 2.41. The molecule has 0 fully saturated rings. The standard InChI is InChI=1S/C11H5Cl2F2NO4/c12-6-3-4(19-11(14)15)1-2-5(6)9-7(13)8(10(17)18)16-20-9/h1-3,11H,(H,17,18). The molecule has 5 nitrogen and oxygen atoms in total. The smallest absolute Gasteiger partial charge is 0.387 e. The van der Waals surface area contributed by atoms with Gasteiger partial charge in [0, 0.05) is 5.56 Å². The highest BCUT2D eigenvalue weighted by atomic mass is 35.5. The number of alkyl halides is 2. The Labute approximate surface area is 120 Å². The summed E-state index contributed by atoms with van der Waals surface area (Å²) in [6.45, 7) is -2.98. The van der Waals surface area contributed by atoms with Gasteiger partial charge in [0.05, 0.1) is 5.02 Å². The molecule has 9 heteroatoms.